The molecule has 0 heterocycles. The van der Waals surface area contributed by atoms with Crippen LogP contribution in [-0.2, 0) is 10.0 Å². The number of nitrogens with one attached hydrogen (secondary N) is 3. The van der Waals surface area contributed by atoms with Crippen LogP contribution < -0.4 is 20.1 Å². The summed E-state index contributed by atoms with van der Waals surface area (Å²) in [5.41, 5.74) is 0. The van der Waals surface area contributed by atoms with Crippen molar-refractivity contribution in [3.8, 4) is 5.75 Å². The second-order valence-electron chi connectivity index (χ2n) is 4.25. The van der Waals surface area contributed by atoms with Crippen molar-refractivity contribution in [1.82, 2.24) is 15.4 Å². The smallest absolute Gasteiger partial charge is 0.208 e. The fourth-order valence-corrected chi connectivity index (χ4v) is 1.97. The average Bonchev–Trinajstić information content (AvgIpc) is 2.45. The van der Waals surface area contributed by atoms with E-state index in [1.54, 1.807) is 7.05 Å². The molecule has 0 amide bonds. The third-order valence-corrected chi connectivity index (χ3v) is 3.14. The number of ether oxygens (including phenoxy) is 1. The zero-order valence-corrected chi connectivity index (χ0v) is 15.9. The number of sulfonamides is 1. The Morgan fingerprint density at radius 2 is 1.77 bits per heavy atom. The van der Waals surface area contributed by atoms with Gasteiger partial charge in [0.25, 0.3) is 0 Å². The summed E-state index contributed by atoms with van der Waals surface area (Å²) in [5, 5.41) is 6.07. The Labute approximate surface area is 149 Å². The van der Waals surface area contributed by atoms with Gasteiger partial charge in [-0.1, -0.05) is 18.2 Å². The molecule has 0 aliphatic heterocycles. The van der Waals surface area contributed by atoms with Crippen LogP contribution in [0.15, 0.2) is 35.3 Å². The molecule has 3 N–H and O–H groups in total. The Morgan fingerprint density at radius 1 is 1.14 bits per heavy atom. The van der Waals surface area contributed by atoms with Gasteiger partial charge in [-0.25, -0.2) is 13.1 Å². The molecule has 1 rings (SSSR count). The van der Waals surface area contributed by atoms with Gasteiger partial charge in [0.1, 0.15) is 12.4 Å². The maximum atomic E-state index is 10.9. The van der Waals surface area contributed by atoms with Crippen LogP contribution in [0.25, 0.3) is 0 Å². The van der Waals surface area contributed by atoms with Gasteiger partial charge < -0.3 is 15.4 Å². The van der Waals surface area contributed by atoms with Crippen LogP contribution in [0.5, 0.6) is 5.75 Å². The molecule has 0 spiro atoms. The number of benzene rings is 1. The highest BCUT2D eigenvalue weighted by atomic mass is 127. The maximum absolute atomic E-state index is 10.9. The molecular formula is C13H23IN4O3S. The van der Waals surface area contributed by atoms with Crippen LogP contribution >= 0.6 is 24.0 Å². The minimum atomic E-state index is -3.15. The third kappa shape index (κ3) is 10.6. The highest BCUT2D eigenvalue weighted by molar-refractivity contribution is 14.0. The molecule has 126 valence electrons. The van der Waals surface area contributed by atoms with Gasteiger partial charge in [-0.3, -0.25) is 4.99 Å². The number of aliphatic imine (C=N–C) groups is 1. The first-order valence-corrected chi connectivity index (χ1v) is 8.47. The monoisotopic (exact) mass is 442 g/mol. The Balaban J connectivity index is 0.00000441. The molecule has 1 aromatic carbocycles. The normalized spacial score (nSPS) is 11.5. The number of hydrogen-bond donors (Lipinski definition) is 3. The Morgan fingerprint density at radius 3 is 2.36 bits per heavy atom. The molecule has 0 saturated carbocycles. The van der Waals surface area contributed by atoms with E-state index in [4.69, 9.17) is 4.74 Å². The van der Waals surface area contributed by atoms with Crippen molar-refractivity contribution in [2.45, 2.75) is 0 Å². The van der Waals surface area contributed by atoms with E-state index in [9.17, 15) is 8.42 Å². The highest BCUT2D eigenvalue weighted by Gasteiger charge is 2.00. The fraction of sp³-hybridized carbons (Fsp3) is 0.462. The predicted molar refractivity (Wildman–Crippen MR) is 99.6 cm³/mol. The summed E-state index contributed by atoms with van der Waals surface area (Å²) >= 11 is 0. The van der Waals surface area contributed by atoms with E-state index in [1.807, 2.05) is 30.3 Å². The first kappa shape index (κ1) is 20.9. The molecule has 0 atom stereocenters. The van der Waals surface area contributed by atoms with Crippen LogP contribution in [0.2, 0.25) is 0 Å². The van der Waals surface area contributed by atoms with Crippen molar-refractivity contribution >= 4 is 40.0 Å². The van der Waals surface area contributed by atoms with Gasteiger partial charge >= 0.3 is 0 Å². The molecule has 0 saturated heterocycles. The minimum Gasteiger partial charge on any atom is -0.492 e. The SMILES string of the molecule is CN=C(NCCNS(C)(=O)=O)NCCOc1ccccc1.I. The van der Waals surface area contributed by atoms with Crippen molar-refractivity contribution in [1.29, 1.82) is 0 Å². The maximum Gasteiger partial charge on any atom is 0.208 e. The Hall–Kier alpha value is -1.07. The molecule has 0 unspecified atom stereocenters. The van der Waals surface area contributed by atoms with Gasteiger partial charge in [0.2, 0.25) is 10.0 Å². The van der Waals surface area contributed by atoms with E-state index in [-0.39, 0.29) is 24.0 Å². The van der Waals surface area contributed by atoms with Crippen molar-refractivity contribution in [3.05, 3.63) is 30.3 Å². The van der Waals surface area contributed by atoms with Crippen LogP contribution in [0.3, 0.4) is 0 Å². The fourth-order valence-electron chi connectivity index (χ4n) is 1.49. The molecule has 0 aliphatic carbocycles. The van der Waals surface area contributed by atoms with Crippen LogP contribution in [0.1, 0.15) is 0 Å². The molecule has 0 fully saturated rings. The quantitative estimate of drug-likeness (QED) is 0.235. The summed E-state index contributed by atoms with van der Waals surface area (Å²) in [5.74, 6) is 1.42. The summed E-state index contributed by atoms with van der Waals surface area (Å²) in [6.07, 6.45) is 1.13. The van der Waals surface area contributed by atoms with Gasteiger partial charge in [0, 0.05) is 20.1 Å². The van der Waals surface area contributed by atoms with Crippen molar-refractivity contribution in [3.63, 3.8) is 0 Å². The van der Waals surface area contributed by atoms with Crippen LogP contribution in [0.4, 0.5) is 0 Å². The Kier molecular flexibility index (Phi) is 10.9. The van der Waals surface area contributed by atoms with Gasteiger partial charge in [-0.15, -0.1) is 24.0 Å². The zero-order chi connectivity index (χ0) is 15.6. The summed E-state index contributed by atoms with van der Waals surface area (Å²) in [7, 11) is -1.50. The number of rotatable bonds is 8. The van der Waals surface area contributed by atoms with E-state index in [0.717, 1.165) is 12.0 Å². The first-order chi connectivity index (χ1) is 10.0. The number of nitrogens with zero attached hydrogens (tertiary/aromatic N) is 1. The molecule has 0 aliphatic rings. The molecule has 0 aromatic heterocycles. The molecule has 7 nitrogen and oxygen atoms in total. The summed E-state index contributed by atoms with van der Waals surface area (Å²) in [6.45, 7) is 1.85. The lowest BCUT2D eigenvalue weighted by Crippen LogP contribution is -2.42. The summed E-state index contributed by atoms with van der Waals surface area (Å²) in [4.78, 5) is 4.03. The van der Waals surface area contributed by atoms with Gasteiger partial charge in [0.05, 0.1) is 12.8 Å². The van der Waals surface area contributed by atoms with E-state index >= 15 is 0 Å². The van der Waals surface area contributed by atoms with Crippen molar-refractivity contribution in [2.24, 2.45) is 4.99 Å². The molecule has 0 bridgehead atoms. The highest BCUT2D eigenvalue weighted by Crippen LogP contribution is 2.07. The third-order valence-electron chi connectivity index (χ3n) is 2.41. The molecule has 22 heavy (non-hydrogen) atoms. The second-order valence-corrected chi connectivity index (χ2v) is 6.09. The van der Waals surface area contributed by atoms with E-state index < -0.39 is 10.0 Å². The van der Waals surface area contributed by atoms with Crippen molar-refractivity contribution < 1.29 is 13.2 Å². The topological polar surface area (TPSA) is 91.8 Å². The lowest BCUT2D eigenvalue weighted by atomic mass is 10.3. The predicted octanol–water partition coefficient (Wildman–Crippen LogP) is 0.398. The lowest BCUT2D eigenvalue weighted by molar-refractivity contribution is 0.322. The molecule has 0 radical (unpaired) electrons. The van der Waals surface area contributed by atoms with Gasteiger partial charge in [0.15, 0.2) is 5.96 Å². The standard InChI is InChI=1S/C13H22N4O3S.HI/c1-14-13(15-8-9-17-21(2,18)19)16-10-11-20-12-6-4-3-5-7-12;/h3-7,17H,8-11H2,1-2H3,(H2,14,15,16);1H. The molecule has 1 aromatic rings. The second kappa shape index (κ2) is 11.5. The van der Waals surface area contributed by atoms with E-state index in [1.165, 1.54) is 0 Å². The zero-order valence-electron chi connectivity index (χ0n) is 12.7. The summed E-state index contributed by atoms with van der Waals surface area (Å²) in [6, 6.07) is 9.55. The lowest BCUT2D eigenvalue weighted by Gasteiger charge is -2.12. The van der Waals surface area contributed by atoms with Gasteiger partial charge in [-0.2, -0.15) is 0 Å². The Bertz CT molecular complexity index is 537. The van der Waals surface area contributed by atoms with Crippen LogP contribution in [0, 0.1) is 0 Å². The van der Waals surface area contributed by atoms with E-state index in [0.29, 0.717) is 32.2 Å². The van der Waals surface area contributed by atoms with E-state index in [2.05, 4.69) is 20.3 Å². The average molecular weight is 442 g/mol. The first-order valence-electron chi connectivity index (χ1n) is 6.58. The summed E-state index contributed by atoms with van der Waals surface area (Å²) < 4.78 is 29.7. The largest absolute Gasteiger partial charge is 0.492 e. The van der Waals surface area contributed by atoms with Crippen LogP contribution in [-0.4, -0.2) is 53.9 Å². The van der Waals surface area contributed by atoms with Crippen molar-refractivity contribution in [2.75, 3.05) is 39.5 Å². The number of guanidine groups is 1. The number of hydrogen-bond acceptors (Lipinski definition) is 4. The van der Waals surface area contributed by atoms with Gasteiger partial charge in [-0.05, 0) is 12.1 Å². The number of para-hydroxylation sites is 1. The molecule has 9 heteroatoms. The number of halogens is 1. The minimum absolute atomic E-state index is 0. The molecular weight excluding hydrogens is 419 g/mol.